The van der Waals surface area contributed by atoms with Crippen LogP contribution in [0.4, 0.5) is 0 Å². The summed E-state index contributed by atoms with van der Waals surface area (Å²) in [6.07, 6.45) is 3.74. The van der Waals surface area contributed by atoms with Crippen LogP contribution in [0.1, 0.15) is 0 Å². The number of hydrogen-bond acceptors (Lipinski definition) is 2. The summed E-state index contributed by atoms with van der Waals surface area (Å²) in [6, 6.07) is 55.0. The highest BCUT2D eigenvalue weighted by Crippen LogP contribution is 2.40. The van der Waals surface area contributed by atoms with Gasteiger partial charge in [-0.1, -0.05) is 115 Å². The van der Waals surface area contributed by atoms with Crippen molar-refractivity contribution in [2.24, 2.45) is 0 Å². The van der Waals surface area contributed by atoms with E-state index in [-0.39, 0.29) is 0 Å². The Kier molecular flexibility index (Phi) is 5.57. The molecule has 0 aliphatic heterocycles. The lowest BCUT2D eigenvalue weighted by Gasteiger charge is -2.15. The first-order valence-electron chi connectivity index (χ1n) is 16.0. The second-order valence-electron chi connectivity index (χ2n) is 12.3. The third-order valence-electron chi connectivity index (χ3n) is 9.62. The molecule has 10 aromatic rings. The summed E-state index contributed by atoms with van der Waals surface area (Å²) in [7, 11) is 0. The number of rotatable bonds is 3. The molecule has 0 atom stereocenters. The lowest BCUT2D eigenvalue weighted by atomic mass is 9.89. The molecule has 0 aliphatic rings. The fourth-order valence-electron chi connectivity index (χ4n) is 7.45. The summed E-state index contributed by atoms with van der Waals surface area (Å²) in [5, 5.41) is 8.50. The summed E-state index contributed by atoms with van der Waals surface area (Å²) in [5.41, 5.74) is 11.2. The minimum absolute atomic E-state index is 0.944. The molecular weight excluding hydrogens is 571 g/mol. The van der Waals surface area contributed by atoms with Gasteiger partial charge in [0.1, 0.15) is 5.65 Å². The quantitative estimate of drug-likeness (QED) is 0.190. The van der Waals surface area contributed by atoms with E-state index in [1.165, 1.54) is 60.1 Å². The van der Waals surface area contributed by atoms with Gasteiger partial charge in [-0.25, -0.2) is 4.98 Å². The molecule has 0 fully saturated rings. The highest BCUT2D eigenvalue weighted by atomic mass is 15.0. The topological polar surface area (TPSA) is 30.2 Å². The number of nitrogens with zero attached hydrogens (tertiary/aromatic N) is 3. The SMILES string of the molecule is c1ccc2c(-c3cc(-c4ccc5c6ccccc6n6c7cnccc7nc6c5c4)cc(-c4cccc5ccccc45)c3)cccc2c1. The maximum atomic E-state index is 5.15. The first-order chi connectivity index (χ1) is 23.3. The molecule has 47 heavy (non-hydrogen) atoms. The van der Waals surface area contributed by atoms with Crippen LogP contribution in [0.25, 0.3) is 93.3 Å². The predicted molar refractivity (Wildman–Crippen MR) is 197 cm³/mol. The normalized spacial score (nSPS) is 11.8. The second-order valence-corrected chi connectivity index (χ2v) is 12.3. The van der Waals surface area contributed by atoms with E-state index in [1.54, 1.807) is 0 Å². The van der Waals surface area contributed by atoms with E-state index >= 15 is 0 Å². The minimum Gasteiger partial charge on any atom is -0.290 e. The number of pyridine rings is 2. The van der Waals surface area contributed by atoms with Gasteiger partial charge in [0.25, 0.3) is 0 Å². The van der Waals surface area contributed by atoms with E-state index in [0.717, 1.165) is 33.1 Å². The van der Waals surface area contributed by atoms with E-state index in [4.69, 9.17) is 4.98 Å². The molecule has 0 aliphatic carbocycles. The molecule has 10 rings (SSSR count). The van der Waals surface area contributed by atoms with E-state index in [9.17, 15) is 0 Å². The smallest absolute Gasteiger partial charge is 0.146 e. The molecule has 0 N–H and O–H groups in total. The van der Waals surface area contributed by atoms with Crippen LogP contribution in [-0.2, 0) is 0 Å². The van der Waals surface area contributed by atoms with Gasteiger partial charge in [-0.15, -0.1) is 0 Å². The van der Waals surface area contributed by atoms with Gasteiger partial charge >= 0.3 is 0 Å². The van der Waals surface area contributed by atoms with Gasteiger partial charge in [0.15, 0.2) is 0 Å². The molecule has 218 valence electrons. The van der Waals surface area contributed by atoms with Gasteiger partial charge in [-0.05, 0) is 96.7 Å². The Bertz CT molecular complexity index is 2750. The Balaban J connectivity index is 1.28. The van der Waals surface area contributed by atoms with E-state index in [2.05, 4.69) is 155 Å². The maximum Gasteiger partial charge on any atom is 0.146 e. The standard InChI is InChI=1S/C44H27N3/c1-3-13-34-28(9-1)11-7-16-36(34)32-23-31(24-33(25-32)37-17-8-12-29-10-2-4-14-35(29)37)30-19-20-38-39-15-5-6-18-42(39)47-43-27-45-22-21-41(43)46-44(47)40(38)26-30/h1-27H. The fraction of sp³-hybridized carbons (Fsp3) is 0. The summed E-state index contributed by atoms with van der Waals surface area (Å²) >= 11 is 0. The molecule has 0 radical (unpaired) electrons. The number of para-hydroxylation sites is 1. The number of fused-ring (bicyclic) bond motifs is 10. The van der Waals surface area contributed by atoms with Crippen molar-refractivity contribution in [1.29, 1.82) is 0 Å². The van der Waals surface area contributed by atoms with Crippen LogP contribution in [0.2, 0.25) is 0 Å². The zero-order valence-corrected chi connectivity index (χ0v) is 25.4. The van der Waals surface area contributed by atoms with Gasteiger partial charge in [0, 0.05) is 17.0 Å². The first kappa shape index (κ1) is 26.0. The van der Waals surface area contributed by atoms with Crippen molar-refractivity contribution in [3.05, 3.63) is 164 Å². The summed E-state index contributed by atoms with van der Waals surface area (Å²) in [6.45, 7) is 0. The Hall–Kier alpha value is -6.32. The highest BCUT2D eigenvalue weighted by molar-refractivity contribution is 6.15. The van der Waals surface area contributed by atoms with Gasteiger partial charge in [0.05, 0.1) is 22.7 Å². The van der Waals surface area contributed by atoms with E-state index in [0.29, 0.717) is 0 Å². The summed E-state index contributed by atoms with van der Waals surface area (Å²) in [5.74, 6) is 0. The van der Waals surface area contributed by atoms with Crippen molar-refractivity contribution in [2.45, 2.75) is 0 Å². The molecule has 3 heterocycles. The monoisotopic (exact) mass is 597 g/mol. The zero-order chi connectivity index (χ0) is 30.9. The van der Waals surface area contributed by atoms with Crippen LogP contribution >= 0.6 is 0 Å². The van der Waals surface area contributed by atoms with Crippen LogP contribution in [0.15, 0.2) is 164 Å². The molecule has 0 saturated heterocycles. The van der Waals surface area contributed by atoms with Crippen molar-refractivity contribution >= 4 is 59.9 Å². The minimum atomic E-state index is 0.944. The first-order valence-corrected chi connectivity index (χ1v) is 16.0. The van der Waals surface area contributed by atoms with Crippen molar-refractivity contribution in [1.82, 2.24) is 14.4 Å². The molecule has 0 unspecified atom stereocenters. The summed E-state index contributed by atoms with van der Waals surface area (Å²) in [4.78, 5) is 9.60. The van der Waals surface area contributed by atoms with Crippen molar-refractivity contribution < 1.29 is 0 Å². The van der Waals surface area contributed by atoms with Crippen molar-refractivity contribution in [2.75, 3.05) is 0 Å². The van der Waals surface area contributed by atoms with Crippen LogP contribution in [0.5, 0.6) is 0 Å². The Morgan fingerprint density at radius 1 is 0.404 bits per heavy atom. The number of hydrogen-bond donors (Lipinski definition) is 0. The number of benzene rings is 7. The molecule has 0 spiro atoms. The molecule has 7 aromatic carbocycles. The van der Waals surface area contributed by atoms with E-state index < -0.39 is 0 Å². The highest BCUT2D eigenvalue weighted by Gasteiger charge is 2.16. The number of imidazole rings is 1. The van der Waals surface area contributed by atoms with Gasteiger partial charge in [0.2, 0.25) is 0 Å². The molecule has 0 amide bonds. The molecule has 3 aromatic heterocycles. The summed E-state index contributed by atoms with van der Waals surface area (Å²) < 4.78 is 2.26. The van der Waals surface area contributed by atoms with E-state index in [1.807, 2.05) is 18.5 Å². The fourth-order valence-corrected chi connectivity index (χ4v) is 7.45. The van der Waals surface area contributed by atoms with Crippen molar-refractivity contribution in [3.8, 4) is 33.4 Å². The average molecular weight is 598 g/mol. The Labute approximate surface area is 271 Å². The second kappa shape index (κ2) is 10.1. The maximum absolute atomic E-state index is 5.15. The molecule has 0 bridgehead atoms. The molecule has 0 saturated carbocycles. The lowest BCUT2D eigenvalue weighted by molar-refractivity contribution is 1.28. The van der Waals surface area contributed by atoms with Crippen LogP contribution in [0.3, 0.4) is 0 Å². The van der Waals surface area contributed by atoms with Crippen LogP contribution < -0.4 is 0 Å². The van der Waals surface area contributed by atoms with Gasteiger partial charge in [-0.3, -0.25) is 9.38 Å². The molecule has 3 nitrogen and oxygen atoms in total. The van der Waals surface area contributed by atoms with Crippen molar-refractivity contribution in [3.63, 3.8) is 0 Å². The van der Waals surface area contributed by atoms with Crippen LogP contribution in [-0.4, -0.2) is 14.4 Å². The van der Waals surface area contributed by atoms with Gasteiger partial charge < -0.3 is 0 Å². The Morgan fingerprint density at radius 2 is 1.02 bits per heavy atom. The molecular formula is C44H27N3. The molecule has 3 heteroatoms. The largest absolute Gasteiger partial charge is 0.290 e. The number of aromatic nitrogens is 3. The average Bonchev–Trinajstić information content (AvgIpc) is 3.54. The van der Waals surface area contributed by atoms with Crippen LogP contribution in [0, 0.1) is 0 Å². The zero-order valence-electron chi connectivity index (χ0n) is 25.4. The predicted octanol–water partition coefficient (Wildman–Crippen LogP) is 11.5. The third kappa shape index (κ3) is 4.00. The third-order valence-corrected chi connectivity index (χ3v) is 9.62. The van der Waals surface area contributed by atoms with Gasteiger partial charge in [-0.2, -0.15) is 0 Å². The lowest BCUT2D eigenvalue weighted by Crippen LogP contribution is -1.92. The Morgan fingerprint density at radius 3 is 1.74 bits per heavy atom.